The van der Waals surface area contributed by atoms with E-state index in [0.717, 1.165) is 4.31 Å². The molecule has 11 nitrogen and oxygen atoms in total. The first-order chi connectivity index (χ1) is 18.6. The largest absolute Gasteiger partial charge is 0.497 e. The lowest BCUT2D eigenvalue weighted by Crippen LogP contribution is -2.35. The highest BCUT2D eigenvalue weighted by Gasteiger charge is 2.28. The van der Waals surface area contributed by atoms with Crippen molar-refractivity contribution in [3.05, 3.63) is 78.5 Å². The highest BCUT2D eigenvalue weighted by Crippen LogP contribution is 2.29. The Morgan fingerprint density at radius 3 is 2.00 bits per heavy atom. The summed E-state index contributed by atoms with van der Waals surface area (Å²) in [5, 5.41) is 0.518. The van der Waals surface area contributed by atoms with Gasteiger partial charge in [-0.15, -0.1) is 0 Å². The van der Waals surface area contributed by atoms with Gasteiger partial charge in [0.05, 0.1) is 43.4 Å². The van der Waals surface area contributed by atoms with Crippen molar-refractivity contribution >= 4 is 42.6 Å². The lowest BCUT2D eigenvalue weighted by molar-refractivity contribution is -0.140. The van der Waals surface area contributed by atoms with E-state index in [2.05, 4.69) is 9.71 Å². The van der Waals surface area contributed by atoms with E-state index in [1.807, 2.05) is 0 Å². The molecule has 2 N–H and O–H groups in total. The van der Waals surface area contributed by atoms with Crippen molar-refractivity contribution in [1.29, 1.82) is 0 Å². The second-order valence-electron chi connectivity index (χ2n) is 8.37. The molecule has 0 amide bonds. The van der Waals surface area contributed by atoms with Crippen LogP contribution in [0.25, 0.3) is 10.9 Å². The lowest BCUT2D eigenvalue weighted by Gasteiger charge is -2.20. The number of sulfonamides is 2. The molecule has 1 aromatic heterocycles. The van der Waals surface area contributed by atoms with Gasteiger partial charge < -0.3 is 19.2 Å². The Morgan fingerprint density at radius 2 is 1.44 bits per heavy atom. The number of nitrogens with one attached hydrogen (secondary N) is 2. The number of nitrogens with zero attached hydrogens (tertiary/aromatic N) is 1. The van der Waals surface area contributed by atoms with Crippen molar-refractivity contribution in [3.8, 4) is 11.5 Å². The summed E-state index contributed by atoms with van der Waals surface area (Å²) in [7, 11) is -3.91. The van der Waals surface area contributed by atoms with Gasteiger partial charge in [-0.05, 0) is 66.7 Å². The van der Waals surface area contributed by atoms with Crippen molar-refractivity contribution in [2.24, 2.45) is 0 Å². The SMILES string of the molecule is COC(=O)CN(Cc1cc2c(NS(=O)(=O)c3ccc(OC)cc3)cccc2[nH]1)S(=O)(=O)c1ccc(OC)cc1. The minimum Gasteiger partial charge on any atom is -0.497 e. The summed E-state index contributed by atoms with van der Waals surface area (Å²) < 4.78 is 71.3. The van der Waals surface area contributed by atoms with Gasteiger partial charge in [-0.2, -0.15) is 4.31 Å². The average molecular weight is 574 g/mol. The standard InChI is InChI=1S/C26H27N3O8S2/c1-35-19-7-11-21(12-8-19)38(31,32)28-25-6-4-5-24-23(25)15-18(27-24)16-29(17-26(30)37-3)39(33,34)22-13-9-20(36-2)10-14-22/h4-15,27-28H,16-17H2,1-3H3. The topological polar surface area (TPSA) is 144 Å². The van der Waals surface area contributed by atoms with Crippen LogP contribution in [0.4, 0.5) is 5.69 Å². The predicted octanol–water partition coefficient (Wildman–Crippen LogP) is 3.35. The van der Waals surface area contributed by atoms with E-state index >= 15 is 0 Å². The molecule has 0 atom stereocenters. The van der Waals surface area contributed by atoms with Gasteiger partial charge in [-0.1, -0.05) is 6.07 Å². The molecule has 206 valence electrons. The molecule has 0 aliphatic carbocycles. The summed E-state index contributed by atoms with van der Waals surface area (Å²) in [4.78, 5) is 15.2. The third-order valence-corrected chi connectivity index (χ3v) is 9.10. The van der Waals surface area contributed by atoms with Gasteiger partial charge in [0, 0.05) is 16.6 Å². The number of benzene rings is 3. The van der Waals surface area contributed by atoms with Crippen LogP contribution in [0.15, 0.2) is 82.6 Å². The third-order valence-electron chi connectivity index (χ3n) is 5.91. The van der Waals surface area contributed by atoms with Crippen molar-refractivity contribution in [3.63, 3.8) is 0 Å². The maximum atomic E-state index is 13.4. The second-order valence-corrected chi connectivity index (χ2v) is 12.0. The number of hydrogen-bond acceptors (Lipinski definition) is 8. The van der Waals surface area contributed by atoms with E-state index in [4.69, 9.17) is 14.2 Å². The molecule has 0 saturated heterocycles. The highest BCUT2D eigenvalue weighted by molar-refractivity contribution is 7.92. The zero-order chi connectivity index (χ0) is 28.2. The Hall–Kier alpha value is -4.07. The molecule has 4 aromatic rings. The van der Waals surface area contributed by atoms with Crippen LogP contribution >= 0.6 is 0 Å². The Balaban J connectivity index is 1.66. The molecular weight excluding hydrogens is 546 g/mol. The third kappa shape index (κ3) is 6.16. The summed E-state index contributed by atoms with van der Waals surface area (Å²) in [6, 6.07) is 18.4. The van der Waals surface area contributed by atoms with Crippen LogP contribution in [0.1, 0.15) is 5.69 Å². The number of esters is 1. The van der Waals surface area contributed by atoms with Gasteiger partial charge in [0.25, 0.3) is 10.0 Å². The molecule has 0 unspecified atom stereocenters. The Morgan fingerprint density at radius 1 is 0.846 bits per heavy atom. The Kier molecular flexibility index (Phi) is 8.14. The van der Waals surface area contributed by atoms with Crippen LogP contribution in [-0.2, 0) is 36.1 Å². The van der Waals surface area contributed by atoms with Gasteiger partial charge in [0.2, 0.25) is 10.0 Å². The zero-order valence-electron chi connectivity index (χ0n) is 21.4. The smallest absolute Gasteiger partial charge is 0.321 e. The molecule has 0 saturated carbocycles. The molecule has 0 spiro atoms. The van der Waals surface area contributed by atoms with Gasteiger partial charge in [0.1, 0.15) is 18.0 Å². The number of hydrogen-bond donors (Lipinski definition) is 2. The van der Waals surface area contributed by atoms with E-state index in [1.165, 1.54) is 57.7 Å². The van der Waals surface area contributed by atoms with Crippen molar-refractivity contribution in [2.45, 2.75) is 16.3 Å². The van der Waals surface area contributed by atoms with Crippen molar-refractivity contribution in [1.82, 2.24) is 9.29 Å². The fourth-order valence-electron chi connectivity index (χ4n) is 3.87. The molecule has 0 radical (unpaired) electrons. The molecular formula is C26H27N3O8S2. The molecule has 39 heavy (non-hydrogen) atoms. The van der Waals surface area contributed by atoms with E-state index in [0.29, 0.717) is 33.8 Å². The number of aromatic amines is 1. The molecule has 13 heteroatoms. The van der Waals surface area contributed by atoms with Gasteiger partial charge in [-0.25, -0.2) is 16.8 Å². The quantitative estimate of drug-likeness (QED) is 0.260. The number of ether oxygens (including phenoxy) is 3. The average Bonchev–Trinajstić information content (AvgIpc) is 3.36. The van der Waals surface area contributed by atoms with Crippen LogP contribution in [-0.4, -0.2) is 60.0 Å². The number of carbonyl (C=O) groups excluding carboxylic acids is 1. The van der Waals surface area contributed by atoms with Gasteiger partial charge in [0.15, 0.2) is 0 Å². The van der Waals surface area contributed by atoms with E-state index in [1.54, 1.807) is 36.4 Å². The van der Waals surface area contributed by atoms with E-state index in [9.17, 15) is 21.6 Å². The second kappa shape index (κ2) is 11.4. The maximum absolute atomic E-state index is 13.4. The molecule has 3 aromatic carbocycles. The normalized spacial score (nSPS) is 11.9. The van der Waals surface area contributed by atoms with Crippen LogP contribution < -0.4 is 14.2 Å². The number of anilines is 1. The number of aromatic nitrogens is 1. The summed E-state index contributed by atoms with van der Waals surface area (Å²) in [5.74, 6) is 0.261. The number of rotatable bonds is 11. The number of carbonyl (C=O) groups is 1. The summed E-state index contributed by atoms with van der Waals surface area (Å²) in [6.45, 7) is -0.736. The Bertz CT molecular complexity index is 1680. The van der Waals surface area contributed by atoms with E-state index < -0.39 is 32.6 Å². The number of fused-ring (bicyclic) bond motifs is 1. The van der Waals surface area contributed by atoms with Gasteiger partial charge in [-0.3, -0.25) is 9.52 Å². The monoisotopic (exact) mass is 573 g/mol. The summed E-state index contributed by atoms with van der Waals surface area (Å²) >= 11 is 0. The predicted molar refractivity (Wildman–Crippen MR) is 145 cm³/mol. The van der Waals surface area contributed by atoms with Crippen LogP contribution in [0.5, 0.6) is 11.5 Å². The lowest BCUT2D eigenvalue weighted by atomic mass is 10.2. The number of H-pyrrole nitrogens is 1. The summed E-state index contributed by atoms with van der Waals surface area (Å²) in [5.41, 5.74) is 1.30. The molecule has 0 aliphatic rings. The van der Waals surface area contributed by atoms with E-state index in [-0.39, 0.29) is 16.3 Å². The molecule has 0 fully saturated rings. The first kappa shape index (κ1) is 28.0. The van der Waals surface area contributed by atoms with Crippen LogP contribution in [0.2, 0.25) is 0 Å². The van der Waals surface area contributed by atoms with Crippen LogP contribution in [0, 0.1) is 0 Å². The molecule has 0 aliphatic heterocycles. The summed E-state index contributed by atoms with van der Waals surface area (Å²) in [6.07, 6.45) is 0. The van der Waals surface area contributed by atoms with Crippen molar-refractivity contribution in [2.75, 3.05) is 32.6 Å². The first-order valence-corrected chi connectivity index (χ1v) is 14.5. The minimum absolute atomic E-state index is 0.0312. The van der Waals surface area contributed by atoms with Crippen molar-refractivity contribution < 1.29 is 35.8 Å². The van der Waals surface area contributed by atoms with Crippen LogP contribution in [0.3, 0.4) is 0 Å². The highest BCUT2D eigenvalue weighted by atomic mass is 32.2. The van der Waals surface area contributed by atoms with Gasteiger partial charge >= 0.3 is 5.97 Å². The maximum Gasteiger partial charge on any atom is 0.321 e. The zero-order valence-corrected chi connectivity index (χ0v) is 23.0. The molecule has 4 rings (SSSR count). The molecule has 0 bridgehead atoms. The Labute approximate surface area is 226 Å². The molecule has 1 heterocycles. The first-order valence-electron chi connectivity index (χ1n) is 11.6. The fourth-order valence-corrected chi connectivity index (χ4v) is 6.31. The minimum atomic E-state index is -4.11. The fraction of sp³-hybridized carbons (Fsp3) is 0.192. The number of methoxy groups -OCH3 is 3.